The lowest BCUT2D eigenvalue weighted by atomic mass is 10.2. The molecule has 0 saturated heterocycles. The number of hydrogen-bond acceptors (Lipinski definition) is 5. The zero-order valence-corrected chi connectivity index (χ0v) is 12.6. The Morgan fingerprint density at radius 1 is 1.13 bits per heavy atom. The van der Waals surface area contributed by atoms with Crippen LogP contribution in [0.5, 0.6) is 11.5 Å². The maximum absolute atomic E-state index is 11.9. The molecule has 0 bridgehead atoms. The third-order valence-electron chi connectivity index (χ3n) is 3.08. The third-order valence-corrected chi connectivity index (χ3v) is 3.08. The number of esters is 1. The van der Waals surface area contributed by atoms with E-state index >= 15 is 0 Å². The van der Waals surface area contributed by atoms with Crippen molar-refractivity contribution < 1.29 is 24.2 Å². The van der Waals surface area contributed by atoms with Crippen LogP contribution in [0.3, 0.4) is 0 Å². The molecular formula is C17H17NO5. The van der Waals surface area contributed by atoms with Crippen molar-refractivity contribution in [1.29, 1.82) is 0 Å². The smallest absolute Gasteiger partial charge is 0.325 e. The first kappa shape index (κ1) is 16.4. The summed E-state index contributed by atoms with van der Waals surface area (Å²) in [5.41, 5.74) is 1.21. The molecule has 23 heavy (non-hydrogen) atoms. The fourth-order valence-corrected chi connectivity index (χ4v) is 1.83. The number of aromatic hydroxyl groups is 1. The quantitative estimate of drug-likeness (QED) is 0.795. The second-order valence-electron chi connectivity index (χ2n) is 4.72. The summed E-state index contributed by atoms with van der Waals surface area (Å²) in [6, 6.07) is 13.7. The minimum absolute atomic E-state index is 0.0644. The molecule has 0 heterocycles. The minimum Gasteiger partial charge on any atom is -0.504 e. The standard InChI is InChI=1S/C17H17NO5/c1-22-16(20)10-18-17(21)13-7-8-14(19)15(9-13)23-11-12-5-3-2-4-6-12/h2-9,19H,10-11H2,1H3,(H,18,21). The zero-order chi connectivity index (χ0) is 16.7. The van der Waals surface area contributed by atoms with Crippen LogP contribution < -0.4 is 10.1 Å². The van der Waals surface area contributed by atoms with Gasteiger partial charge in [0.2, 0.25) is 0 Å². The highest BCUT2D eigenvalue weighted by Gasteiger charge is 2.12. The highest BCUT2D eigenvalue weighted by atomic mass is 16.5. The van der Waals surface area contributed by atoms with Gasteiger partial charge in [-0.3, -0.25) is 9.59 Å². The van der Waals surface area contributed by atoms with E-state index in [9.17, 15) is 14.7 Å². The SMILES string of the molecule is COC(=O)CNC(=O)c1ccc(O)c(OCc2ccccc2)c1. The van der Waals surface area contributed by atoms with Crippen molar-refractivity contribution in [2.75, 3.05) is 13.7 Å². The Hall–Kier alpha value is -3.02. The molecule has 0 aliphatic rings. The highest BCUT2D eigenvalue weighted by molar-refractivity contribution is 5.96. The maximum atomic E-state index is 11.9. The van der Waals surface area contributed by atoms with Crippen LogP contribution in [0.4, 0.5) is 0 Å². The van der Waals surface area contributed by atoms with Crippen molar-refractivity contribution in [1.82, 2.24) is 5.32 Å². The summed E-state index contributed by atoms with van der Waals surface area (Å²) in [6.45, 7) is 0.0397. The second-order valence-corrected chi connectivity index (χ2v) is 4.72. The largest absolute Gasteiger partial charge is 0.504 e. The van der Waals surface area contributed by atoms with Gasteiger partial charge in [0.05, 0.1) is 7.11 Å². The predicted molar refractivity (Wildman–Crippen MR) is 83.2 cm³/mol. The molecule has 2 aromatic rings. The maximum Gasteiger partial charge on any atom is 0.325 e. The topological polar surface area (TPSA) is 84.9 Å². The molecule has 2 aromatic carbocycles. The summed E-state index contributed by atoms with van der Waals surface area (Å²) >= 11 is 0. The molecule has 2 rings (SSSR count). The first-order valence-corrected chi connectivity index (χ1v) is 6.95. The van der Waals surface area contributed by atoms with Crippen molar-refractivity contribution in [3.63, 3.8) is 0 Å². The number of rotatable bonds is 6. The molecule has 120 valence electrons. The summed E-state index contributed by atoms with van der Waals surface area (Å²) in [5.74, 6) is -0.873. The molecule has 0 fully saturated rings. The minimum atomic E-state index is -0.544. The number of phenolic OH excluding ortho intramolecular Hbond substituents is 1. The zero-order valence-electron chi connectivity index (χ0n) is 12.6. The van der Waals surface area contributed by atoms with E-state index in [1.54, 1.807) is 0 Å². The Kier molecular flexibility index (Phi) is 5.57. The number of carbonyl (C=O) groups excluding carboxylic acids is 2. The molecule has 0 aromatic heterocycles. The molecule has 0 aliphatic carbocycles. The Bertz CT molecular complexity index is 685. The van der Waals surface area contributed by atoms with Gasteiger partial charge in [0.25, 0.3) is 5.91 Å². The first-order chi connectivity index (χ1) is 11.1. The van der Waals surface area contributed by atoms with Gasteiger partial charge in [-0.05, 0) is 23.8 Å². The lowest BCUT2D eigenvalue weighted by Gasteiger charge is -2.10. The van der Waals surface area contributed by atoms with Gasteiger partial charge in [-0.2, -0.15) is 0 Å². The van der Waals surface area contributed by atoms with Crippen LogP contribution in [0, 0.1) is 0 Å². The Morgan fingerprint density at radius 3 is 2.57 bits per heavy atom. The average molecular weight is 315 g/mol. The van der Waals surface area contributed by atoms with E-state index < -0.39 is 11.9 Å². The van der Waals surface area contributed by atoms with Crippen LogP contribution in [-0.4, -0.2) is 30.6 Å². The van der Waals surface area contributed by atoms with E-state index in [-0.39, 0.29) is 30.2 Å². The van der Waals surface area contributed by atoms with Gasteiger partial charge >= 0.3 is 5.97 Å². The normalized spacial score (nSPS) is 9.96. The van der Waals surface area contributed by atoms with Crippen molar-refractivity contribution >= 4 is 11.9 Å². The Morgan fingerprint density at radius 2 is 1.87 bits per heavy atom. The number of benzene rings is 2. The molecule has 0 atom stereocenters. The number of nitrogens with one attached hydrogen (secondary N) is 1. The fourth-order valence-electron chi connectivity index (χ4n) is 1.83. The molecular weight excluding hydrogens is 298 g/mol. The van der Waals surface area contributed by atoms with Gasteiger partial charge in [0.15, 0.2) is 11.5 Å². The highest BCUT2D eigenvalue weighted by Crippen LogP contribution is 2.27. The van der Waals surface area contributed by atoms with E-state index in [4.69, 9.17) is 4.74 Å². The van der Waals surface area contributed by atoms with Crippen LogP contribution in [-0.2, 0) is 16.1 Å². The van der Waals surface area contributed by atoms with Gasteiger partial charge in [0.1, 0.15) is 13.2 Å². The molecule has 0 unspecified atom stereocenters. The molecule has 0 saturated carbocycles. The van der Waals surface area contributed by atoms with Crippen LogP contribution >= 0.6 is 0 Å². The number of carbonyl (C=O) groups is 2. The van der Waals surface area contributed by atoms with Crippen LogP contribution in [0.25, 0.3) is 0 Å². The summed E-state index contributed by atoms with van der Waals surface area (Å²) in [4.78, 5) is 23.0. The summed E-state index contributed by atoms with van der Waals surface area (Å²) < 4.78 is 9.99. The number of hydrogen-bond donors (Lipinski definition) is 2. The summed E-state index contributed by atoms with van der Waals surface area (Å²) in [5, 5.41) is 12.2. The molecule has 6 heteroatoms. The number of ether oxygens (including phenoxy) is 2. The van der Waals surface area contributed by atoms with Crippen molar-refractivity contribution in [3.8, 4) is 11.5 Å². The number of phenols is 1. The van der Waals surface area contributed by atoms with Crippen LogP contribution in [0.2, 0.25) is 0 Å². The monoisotopic (exact) mass is 315 g/mol. The lowest BCUT2D eigenvalue weighted by molar-refractivity contribution is -0.139. The van der Waals surface area contributed by atoms with Crippen molar-refractivity contribution in [2.45, 2.75) is 6.61 Å². The fraction of sp³-hybridized carbons (Fsp3) is 0.176. The molecule has 2 N–H and O–H groups in total. The molecule has 0 aliphatic heterocycles. The summed E-state index contributed by atoms with van der Waals surface area (Å²) in [7, 11) is 1.24. The molecule has 0 spiro atoms. The number of methoxy groups -OCH3 is 1. The Labute approximate surface area is 133 Å². The van der Waals surface area contributed by atoms with Gasteiger partial charge in [0, 0.05) is 5.56 Å². The van der Waals surface area contributed by atoms with E-state index in [0.717, 1.165) is 5.56 Å². The molecule has 6 nitrogen and oxygen atoms in total. The Balaban J connectivity index is 2.03. The van der Waals surface area contributed by atoms with Crippen molar-refractivity contribution in [3.05, 3.63) is 59.7 Å². The number of amides is 1. The van der Waals surface area contributed by atoms with Crippen molar-refractivity contribution in [2.24, 2.45) is 0 Å². The first-order valence-electron chi connectivity index (χ1n) is 6.95. The third kappa shape index (κ3) is 4.74. The second kappa shape index (κ2) is 7.84. The van der Waals surface area contributed by atoms with Gasteiger partial charge in [-0.25, -0.2) is 0 Å². The summed E-state index contributed by atoms with van der Waals surface area (Å²) in [6.07, 6.45) is 0. The predicted octanol–water partition coefficient (Wildman–Crippen LogP) is 1.87. The van der Waals surface area contributed by atoms with Gasteiger partial charge < -0.3 is 19.9 Å². The van der Waals surface area contributed by atoms with E-state index in [1.165, 1.54) is 25.3 Å². The van der Waals surface area contributed by atoms with E-state index in [0.29, 0.717) is 0 Å². The molecule has 1 amide bonds. The van der Waals surface area contributed by atoms with E-state index in [1.807, 2.05) is 30.3 Å². The van der Waals surface area contributed by atoms with Gasteiger partial charge in [-0.15, -0.1) is 0 Å². The lowest BCUT2D eigenvalue weighted by Crippen LogP contribution is -2.30. The van der Waals surface area contributed by atoms with Gasteiger partial charge in [-0.1, -0.05) is 30.3 Å². The van der Waals surface area contributed by atoms with Crippen LogP contribution in [0.15, 0.2) is 48.5 Å². The van der Waals surface area contributed by atoms with Crippen LogP contribution in [0.1, 0.15) is 15.9 Å². The molecule has 0 radical (unpaired) electrons. The van der Waals surface area contributed by atoms with E-state index in [2.05, 4.69) is 10.1 Å². The average Bonchev–Trinajstić information content (AvgIpc) is 2.59.